The zero-order valence-corrected chi connectivity index (χ0v) is 23.0. The van der Waals surface area contributed by atoms with Gasteiger partial charge in [0.25, 0.3) is 5.56 Å². The second kappa shape index (κ2) is 11.1. The van der Waals surface area contributed by atoms with Crippen LogP contribution < -0.4 is 16.2 Å². The summed E-state index contributed by atoms with van der Waals surface area (Å²) in [6, 6.07) is 31.4. The number of nitrogens with one attached hydrogen (secondary N) is 2. The van der Waals surface area contributed by atoms with Gasteiger partial charge in [-0.15, -0.1) is 0 Å². The molecule has 1 saturated heterocycles. The summed E-state index contributed by atoms with van der Waals surface area (Å²) in [5.74, 6) is 2.33. The van der Waals surface area contributed by atoms with Gasteiger partial charge in [0.2, 0.25) is 5.95 Å². The average Bonchev–Trinajstić information content (AvgIpc) is 3.58. The second-order valence-electron chi connectivity index (χ2n) is 9.87. The van der Waals surface area contributed by atoms with Crippen molar-refractivity contribution in [1.82, 2.24) is 19.9 Å². The highest BCUT2D eigenvalue weighted by molar-refractivity contribution is 7.99. The predicted molar refractivity (Wildman–Crippen MR) is 166 cm³/mol. The van der Waals surface area contributed by atoms with Crippen LogP contribution in [0.25, 0.3) is 39.2 Å². The SMILES string of the molecule is O=c1c(-c2ccc(-c3ccco3)cc2)cc2cnc(Nc3ccc(C4CNCCS4)cc3)nc2n1-c1ccccc1. The summed E-state index contributed by atoms with van der Waals surface area (Å²) in [6.45, 7) is 2.05. The number of hydrogen-bond acceptors (Lipinski definition) is 7. The molecular formula is C33H27N5O2S. The lowest BCUT2D eigenvalue weighted by Gasteiger charge is -2.22. The Balaban J connectivity index is 1.26. The van der Waals surface area contributed by atoms with Crippen molar-refractivity contribution in [2.75, 3.05) is 24.2 Å². The van der Waals surface area contributed by atoms with Gasteiger partial charge in [-0.2, -0.15) is 16.7 Å². The Hall–Kier alpha value is -4.66. The number of thioether (sulfide) groups is 1. The maximum Gasteiger partial charge on any atom is 0.264 e. The molecule has 7 rings (SSSR count). The Labute approximate surface area is 241 Å². The summed E-state index contributed by atoms with van der Waals surface area (Å²) in [7, 11) is 0. The molecule has 0 saturated carbocycles. The summed E-state index contributed by atoms with van der Waals surface area (Å²) in [5.41, 5.74) is 5.65. The summed E-state index contributed by atoms with van der Waals surface area (Å²) in [4.78, 5) is 23.4. The summed E-state index contributed by atoms with van der Waals surface area (Å²) >= 11 is 1.98. The molecule has 0 bridgehead atoms. The van der Waals surface area contributed by atoms with E-state index in [4.69, 9.17) is 9.40 Å². The Bertz CT molecular complexity index is 1850. The van der Waals surface area contributed by atoms with Gasteiger partial charge in [-0.05, 0) is 53.6 Å². The molecular weight excluding hydrogens is 530 g/mol. The lowest BCUT2D eigenvalue weighted by atomic mass is 10.0. The summed E-state index contributed by atoms with van der Waals surface area (Å²) < 4.78 is 7.18. The Kier molecular flexibility index (Phi) is 6.84. The summed E-state index contributed by atoms with van der Waals surface area (Å²) in [5, 5.41) is 8.01. The van der Waals surface area contributed by atoms with Gasteiger partial charge in [0, 0.05) is 52.5 Å². The van der Waals surface area contributed by atoms with Crippen LogP contribution >= 0.6 is 11.8 Å². The van der Waals surface area contributed by atoms with Crippen molar-refractivity contribution in [2.24, 2.45) is 0 Å². The van der Waals surface area contributed by atoms with Crippen LogP contribution in [0.3, 0.4) is 0 Å². The molecule has 6 aromatic rings. The fourth-order valence-corrected chi connectivity index (χ4v) is 6.26. The molecule has 0 aliphatic carbocycles. The van der Waals surface area contributed by atoms with E-state index >= 15 is 0 Å². The zero-order chi connectivity index (χ0) is 27.6. The average molecular weight is 558 g/mol. The van der Waals surface area contributed by atoms with Crippen molar-refractivity contribution in [3.05, 3.63) is 125 Å². The number of anilines is 2. The van der Waals surface area contributed by atoms with Crippen LogP contribution in [-0.2, 0) is 0 Å². The summed E-state index contributed by atoms with van der Waals surface area (Å²) in [6.07, 6.45) is 3.42. The van der Waals surface area contributed by atoms with Gasteiger partial charge in [-0.25, -0.2) is 4.98 Å². The number of nitrogens with zero attached hydrogens (tertiary/aromatic N) is 3. The number of rotatable bonds is 6. The first kappa shape index (κ1) is 25.3. The maximum atomic E-state index is 14.0. The molecule has 7 nitrogen and oxygen atoms in total. The van der Waals surface area contributed by atoms with E-state index in [-0.39, 0.29) is 5.56 Å². The Morgan fingerprint density at radius 3 is 2.46 bits per heavy atom. The molecule has 2 N–H and O–H groups in total. The van der Waals surface area contributed by atoms with Crippen molar-refractivity contribution >= 4 is 34.4 Å². The third kappa shape index (κ3) is 5.15. The largest absolute Gasteiger partial charge is 0.464 e. The van der Waals surface area contributed by atoms with E-state index in [0.29, 0.717) is 22.4 Å². The van der Waals surface area contributed by atoms with E-state index < -0.39 is 0 Å². The van der Waals surface area contributed by atoms with Crippen molar-refractivity contribution in [2.45, 2.75) is 5.25 Å². The molecule has 3 aromatic carbocycles. The van der Waals surface area contributed by atoms with Crippen LogP contribution in [0.15, 0.2) is 119 Å². The maximum absolute atomic E-state index is 14.0. The Morgan fingerprint density at radius 2 is 1.73 bits per heavy atom. The molecule has 1 fully saturated rings. The van der Waals surface area contributed by atoms with E-state index in [1.54, 1.807) is 17.0 Å². The quantitative estimate of drug-likeness (QED) is 0.232. The van der Waals surface area contributed by atoms with Crippen LogP contribution in [0.4, 0.5) is 11.6 Å². The number of pyridine rings is 1. The normalized spacial score (nSPS) is 15.2. The topological polar surface area (TPSA) is 85.0 Å². The highest BCUT2D eigenvalue weighted by Crippen LogP contribution is 2.31. The van der Waals surface area contributed by atoms with E-state index in [1.165, 1.54) is 5.56 Å². The zero-order valence-electron chi connectivity index (χ0n) is 22.2. The van der Waals surface area contributed by atoms with E-state index in [9.17, 15) is 4.79 Å². The van der Waals surface area contributed by atoms with Gasteiger partial charge < -0.3 is 15.1 Å². The monoisotopic (exact) mass is 557 g/mol. The van der Waals surface area contributed by atoms with E-state index in [1.807, 2.05) is 84.6 Å². The molecule has 8 heteroatoms. The minimum atomic E-state index is -0.151. The molecule has 4 heterocycles. The van der Waals surface area contributed by atoms with Gasteiger partial charge in [-0.1, -0.05) is 54.6 Å². The van der Waals surface area contributed by atoms with Crippen LogP contribution in [0, 0.1) is 0 Å². The first-order valence-electron chi connectivity index (χ1n) is 13.5. The Morgan fingerprint density at radius 1 is 0.927 bits per heavy atom. The van der Waals surface area contributed by atoms with Gasteiger partial charge in [0.05, 0.1) is 12.0 Å². The predicted octanol–water partition coefficient (Wildman–Crippen LogP) is 6.83. The lowest BCUT2D eigenvalue weighted by molar-refractivity contribution is 0.582. The molecule has 1 atom stereocenters. The molecule has 41 heavy (non-hydrogen) atoms. The smallest absolute Gasteiger partial charge is 0.264 e. The van der Waals surface area contributed by atoms with Gasteiger partial charge in [-0.3, -0.25) is 9.36 Å². The van der Waals surface area contributed by atoms with Crippen molar-refractivity contribution in [3.63, 3.8) is 0 Å². The molecule has 1 aliphatic rings. The number of fused-ring (bicyclic) bond motifs is 1. The lowest BCUT2D eigenvalue weighted by Crippen LogP contribution is -2.28. The molecule has 202 valence electrons. The van der Waals surface area contributed by atoms with Gasteiger partial charge >= 0.3 is 0 Å². The fraction of sp³-hybridized carbons (Fsp3) is 0.121. The molecule has 0 spiro atoms. The van der Waals surface area contributed by atoms with Gasteiger partial charge in [0.15, 0.2) is 5.65 Å². The highest BCUT2D eigenvalue weighted by Gasteiger charge is 2.17. The molecule has 1 aliphatic heterocycles. The third-order valence-electron chi connectivity index (χ3n) is 7.22. The number of hydrogen-bond donors (Lipinski definition) is 2. The van der Waals surface area contributed by atoms with E-state index in [2.05, 4.69) is 39.9 Å². The highest BCUT2D eigenvalue weighted by atomic mass is 32.2. The van der Waals surface area contributed by atoms with Crippen molar-refractivity contribution < 1.29 is 4.42 Å². The second-order valence-corrected chi connectivity index (χ2v) is 11.2. The van der Waals surface area contributed by atoms with Crippen LogP contribution in [0.5, 0.6) is 0 Å². The first-order valence-corrected chi connectivity index (χ1v) is 14.6. The van der Waals surface area contributed by atoms with Crippen molar-refractivity contribution in [1.29, 1.82) is 0 Å². The fourth-order valence-electron chi connectivity index (χ4n) is 5.13. The number of aromatic nitrogens is 3. The third-order valence-corrected chi connectivity index (χ3v) is 8.50. The molecule has 0 amide bonds. The van der Waals surface area contributed by atoms with Crippen LogP contribution in [0.1, 0.15) is 10.8 Å². The van der Waals surface area contributed by atoms with E-state index in [0.717, 1.165) is 52.5 Å². The van der Waals surface area contributed by atoms with Crippen molar-refractivity contribution in [3.8, 4) is 28.1 Å². The first-order chi connectivity index (χ1) is 20.2. The number of furan rings is 1. The number of benzene rings is 3. The standard InChI is InChI=1S/C33H27N5O2S/c39-32-28(22-8-10-23(11-9-22)29-7-4-17-40-29)19-25-20-35-33(37-31(25)38(32)27-5-2-1-3-6-27)36-26-14-12-24(13-15-26)30-21-34-16-18-41-30/h1-15,17,19-20,30,34H,16,18,21H2,(H,35,36,37). The minimum Gasteiger partial charge on any atom is -0.464 e. The van der Waals surface area contributed by atoms with Crippen LogP contribution in [-0.4, -0.2) is 33.4 Å². The molecule has 1 unspecified atom stereocenters. The molecule has 3 aromatic heterocycles. The minimum absolute atomic E-state index is 0.151. The molecule has 0 radical (unpaired) electrons. The van der Waals surface area contributed by atoms with Crippen LogP contribution in [0.2, 0.25) is 0 Å². The van der Waals surface area contributed by atoms with Gasteiger partial charge in [0.1, 0.15) is 5.76 Å². The number of para-hydroxylation sites is 1.